The number of unbranched alkanes of at least 4 members (excludes halogenated alkanes) is 3. The molecule has 0 aliphatic heterocycles. The molecule has 1 aromatic rings. The number of rotatable bonds is 7. The van der Waals surface area contributed by atoms with Gasteiger partial charge in [0.2, 0.25) is 0 Å². The minimum absolute atomic E-state index is 0.166. The third-order valence-corrected chi connectivity index (χ3v) is 2.84. The van der Waals surface area contributed by atoms with Crippen molar-refractivity contribution in [2.45, 2.75) is 32.1 Å². The minimum Gasteiger partial charge on any atom is -0.258 e. The maximum absolute atomic E-state index is 10.4. The van der Waals surface area contributed by atoms with Crippen LogP contribution >= 0.6 is 12.6 Å². The monoisotopic (exact) mass is 239 g/mol. The van der Waals surface area contributed by atoms with Gasteiger partial charge in [0.1, 0.15) is 0 Å². The highest BCUT2D eigenvalue weighted by Gasteiger charge is 2.03. The Morgan fingerprint density at radius 2 is 1.69 bits per heavy atom. The summed E-state index contributed by atoms with van der Waals surface area (Å²) < 4.78 is 0. The largest absolute Gasteiger partial charge is 0.269 e. The second-order valence-electron chi connectivity index (χ2n) is 3.81. The Bertz CT molecular complexity index is 324. The highest BCUT2D eigenvalue weighted by Crippen LogP contribution is 2.14. The SMILES string of the molecule is O=[N+]([O-])c1ccc(CCCCCCS)cc1. The summed E-state index contributed by atoms with van der Waals surface area (Å²) in [6.07, 6.45) is 5.74. The van der Waals surface area contributed by atoms with Crippen LogP contribution in [0.15, 0.2) is 24.3 Å². The normalized spacial score (nSPS) is 10.3. The molecule has 0 amide bonds. The number of benzene rings is 1. The van der Waals surface area contributed by atoms with Gasteiger partial charge in [0.25, 0.3) is 5.69 Å². The lowest BCUT2D eigenvalue weighted by atomic mass is 10.1. The van der Waals surface area contributed by atoms with Crippen molar-refractivity contribution in [2.24, 2.45) is 0 Å². The van der Waals surface area contributed by atoms with Crippen LogP contribution in [0.1, 0.15) is 31.2 Å². The van der Waals surface area contributed by atoms with Gasteiger partial charge in [0.05, 0.1) is 4.92 Å². The van der Waals surface area contributed by atoms with E-state index in [1.165, 1.54) is 24.8 Å². The number of non-ortho nitro benzene ring substituents is 1. The summed E-state index contributed by atoms with van der Waals surface area (Å²) in [5.74, 6) is 0.956. The van der Waals surface area contributed by atoms with E-state index in [2.05, 4.69) is 12.6 Å². The molecule has 3 nitrogen and oxygen atoms in total. The van der Waals surface area contributed by atoms with Crippen LogP contribution in [0.3, 0.4) is 0 Å². The molecule has 0 atom stereocenters. The fourth-order valence-corrected chi connectivity index (χ4v) is 1.80. The van der Waals surface area contributed by atoms with Crippen LogP contribution in [0, 0.1) is 10.1 Å². The molecule has 0 spiro atoms. The van der Waals surface area contributed by atoms with Crippen LogP contribution in [0.25, 0.3) is 0 Å². The fourth-order valence-electron chi connectivity index (χ4n) is 1.58. The molecule has 0 aliphatic carbocycles. The van der Waals surface area contributed by atoms with Gasteiger partial charge in [-0.05, 0) is 30.6 Å². The summed E-state index contributed by atoms with van der Waals surface area (Å²) in [6, 6.07) is 6.83. The number of nitrogens with zero attached hydrogens (tertiary/aromatic N) is 1. The second-order valence-corrected chi connectivity index (χ2v) is 4.26. The van der Waals surface area contributed by atoms with Gasteiger partial charge in [-0.2, -0.15) is 12.6 Å². The van der Waals surface area contributed by atoms with Gasteiger partial charge in [0, 0.05) is 12.1 Å². The molecule has 4 heteroatoms. The maximum atomic E-state index is 10.4. The first-order valence-corrected chi connectivity index (χ1v) is 6.21. The number of nitro groups is 1. The zero-order valence-electron chi connectivity index (χ0n) is 9.26. The van der Waals surface area contributed by atoms with Gasteiger partial charge < -0.3 is 0 Å². The average Bonchev–Trinajstić information content (AvgIpc) is 2.29. The molecule has 88 valence electrons. The average molecular weight is 239 g/mol. The van der Waals surface area contributed by atoms with Crippen molar-refractivity contribution in [1.29, 1.82) is 0 Å². The number of thiol groups is 1. The van der Waals surface area contributed by atoms with Crippen molar-refractivity contribution in [3.05, 3.63) is 39.9 Å². The predicted octanol–water partition coefficient (Wildman–Crippen LogP) is 3.63. The Morgan fingerprint density at radius 1 is 1.06 bits per heavy atom. The van der Waals surface area contributed by atoms with E-state index in [1.54, 1.807) is 12.1 Å². The van der Waals surface area contributed by atoms with Crippen molar-refractivity contribution < 1.29 is 4.92 Å². The van der Waals surface area contributed by atoms with E-state index < -0.39 is 0 Å². The summed E-state index contributed by atoms with van der Waals surface area (Å²) in [6.45, 7) is 0. The molecule has 16 heavy (non-hydrogen) atoms. The third kappa shape index (κ3) is 4.66. The molecule has 0 fully saturated rings. The van der Waals surface area contributed by atoms with E-state index in [0.29, 0.717) is 0 Å². The first-order valence-electron chi connectivity index (χ1n) is 5.58. The molecule has 0 saturated heterocycles. The van der Waals surface area contributed by atoms with Crippen LogP contribution in [0.5, 0.6) is 0 Å². The van der Waals surface area contributed by atoms with Gasteiger partial charge >= 0.3 is 0 Å². The molecular weight excluding hydrogens is 222 g/mol. The van der Waals surface area contributed by atoms with E-state index in [4.69, 9.17) is 0 Å². The Labute approximate surface area is 101 Å². The molecule has 0 aromatic heterocycles. The molecule has 0 heterocycles. The lowest BCUT2D eigenvalue weighted by Crippen LogP contribution is -1.90. The summed E-state index contributed by atoms with van der Waals surface area (Å²) in [5, 5.41) is 10.4. The quantitative estimate of drug-likeness (QED) is 0.342. The second kappa shape index (κ2) is 7.28. The van der Waals surface area contributed by atoms with Crippen molar-refractivity contribution >= 4 is 18.3 Å². The van der Waals surface area contributed by atoms with Gasteiger partial charge in [-0.3, -0.25) is 10.1 Å². The maximum Gasteiger partial charge on any atom is 0.269 e. The summed E-state index contributed by atoms with van der Waals surface area (Å²) in [4.78, 5) is 10.1. The van der Waals surface area contributed by atoms with Crippen molar-refractivity contribution in [3.8, 4) is 0 Å². The molecule has 0 N–H and O–H groups in total. The van der Waals surface area contributed by atoms with Gasteiger partial charge in [-0.1, -0.05) is 25.0 Å². The van der Waals surface area contributed by atoms with Crippen molar-refractivity contribution in [2.75, 3.05) is 5.75 Å². The molecule has 0 saturated carbocycles. The zero-order valence-corrected chi connectivity index (χ0v) is 10.2. The van der Waals surface area contributed by atoms with E-state index in [9.17, 15) is 10.1 Å². The van der Waals surface area contributed by atoms with Crippen LogP contribution in [-0.4, -0.2) is 10.7 Å². The van der Waals surface area contributed by atoms with Crippen LogP contribution < -0.4 is 0 Å². The van der Waals surface area contributed by atoms with E-state index >= 15 is 0 Å². The summed E-state index contributed by atoms with van der Waals surface area (Å²) in [7, 11) is 0. The Morgan fingerprint density at radius 3 is 2.25 bits per heavy atom. The van der Waals surface area contributed by atoms with E-state index in [0.717, 1.165) is 18.6 Å². The Kier molecular flexibility index (Phi) is 5.93. The summed E-state index contributed by atoms with van der Waals surface area (Å²) >= 11 is 4.16. The first-order chi connectivity index (χ1) is 7.74. The molecular formula is C12H17NO2S. The predicted molar refractivity (Wildman–Crippen MR) is 69.1 cm³/mol. The molecule has 1 aromatic carbocycles. The number of hydrogen-bond acceptors (Lipinski definition) is 3. The molecule has 0 radical (unpaired) electrons. The van der Waals surface area contributed by atoms with Gasteiger partial charge in [-0.25, -0.2) is 0 Å². The molecule has 0 unspecified atom stereocenters. The zero-order chi connectivity index (χ0) is 11.8. The van der Waals surface area contributed by atoms with Crippen molar-refractivity contribution in [3.63, 3.8) is 0 Å². The van der Waals surface area contributed by atoms with E-state index in [-0.39, 0.29) is 10.6 Å². The number of hydrogen-bond donors (Lipinski definition) is 1. The molecule has 0 bridgehead atoms. The smallest absolute Gasteiger partial charge is 0.258 e. The van der Waals surface area contributed by atoms with Crippen molar-refractivity contribution in [1.82, 2.24) is 0 Å². The van der Waals surface area contributed by atoms with E-state index in [1.807, 2.05) is 12.1 Å². The first kappa shape index (κ1) is 13.0. The lowest BCUT2D eigenvalue weighted by Gasteiger charge is -2.01. The lowest BCUT2D eigenvalue weighted by molar-refractivity contribution is -0.384. The Hall–Kier alpha value is -1.03. The minimum atomic E-state index is -0.365. The highest BCUT2D eigenvalue weighted by molar-refractivity contribution is 7.80. The molecule has 1 rings (SSSR count). The highest BCUT2D eigenvalue weighted by atomic mass is 32.1. The number of nitro benzene ring substituents is 1. The standard InChI is InChI=1S/C12H17NO2S/c14-13(15)12-8-6-11(7-9-12)5-3-1-2-4-10-16/h6-9,16H,1-5,10H2. The van der Waals surface area contributed by atoms with Crippen LogP contribution in [-0.2, 0) is 6.42 Å². The van der Waals surface area contributed by atoms with Gasteiger partial charge in [0.15, 0.2) is 0 Å². The number of aryl methyl sites for hydroxylation is 1. The third-order valence-electron chi connectivity index (χ3n) is 2.52. The summed E-state index contributed by atoms with van der Waals surface area (Å²) in [5.41, 5.74) is 1.34. The van der Waals surface area contributed by atoms with Crippen LogP contribution in [0.2, 0.25) is 0 Å². The topological polar surface area (TPSA) is 43.1 Å². The van der Waals surface area contributed by atoms with Crippen LogP contribution in [0.4, 0.5) is 5.69 Å². The molecule has 0 aliphatic rings. The fraction of sp³-hybridized carbons (Fsp3) is 0.500. The Balaban J connectivity index is 2.29. The van der Waals surface area contributed by atoms with Gasteiger partial charge in [-0.15, -0.1) is 0 Å².